The molecular weight excluding hydrogens is 393 g/mol. The maximum atomic E-state index is 14.3. The van der Waals surface area contributed by atoms with Crippen LogP contribution in [0.1, 0.15) is 76.1 Å². The first-order valence-corrected chi connectivity index (χ1v) is 11.1. The summed E-state index contributed by atoms with van der Waals surface area (Å²) in [5.41, 5.74) is 4.97. The van der Waals surface area contributed by atoms with Crippen LogP contribution < -0.4 is 5.06 Å². The van der Waals surface area contributed by atoms with E-state index in [0.717, 1.165) is 40.9 Å². The predicted octanol–water partition coefficient (Wildman–Crippen LogP) is 5.68. The van der Waals surface area contributed by atoms with Gasteiger partial charge in [0.25, 0.3) is 0 Å². The smallest absolute Gasteiger partial charge is 0.250 e. The number of hydrogen-bond donors (Lipinski definition) is 0. The summed E-state index contributed by atoms with van der Waals surface area (Å²) in [6, 6.07) is 5.01. The van der Waals surface area contributed by atoms with E-state index in [1.54, 1.807) is 32.2 Å². The first kappa shape index (κ1) is 23.3. The highest BCUT2D eigenvalue weighted by molar-refractivity contribution is 5.75. The lowest BCUT2D eigenvalue weighted by Crippen LogP contribution is -2.25. The standard InChI is InChI=1S/C25H34FN3O2/c1-14(2)23-22-13-20(16(4)10-15(3)11-17(5)30)21-12-18(26)8-9-19(21)24(22)28-25(27-23)29(6)31-7/h8-9,12,14-16,20H,10-11,13H2,1-7H3/t15-,16+,20-/m1/s1. The van der Waals surface area contributed by atoms with E-state index in [2.05, 4.69) is 27.7 Å². The van der Waals surface area contributed by atoms with Crippen LogP contribution in [-0.2, 0) is 16.1 Å². The van der Waals surface area contributed by atoms with E-state index in [0.29, 0.717) is 24.2 Å². The molecule has 1 aromatic carbocycles. The Hall–Kier alpha value is -2.34. The molecule has 0 radical (unpaired) electrons. The summed E-state index contributed by atoms with van der Waals surface area (Å²) in [5.74, 6) is 1.44. The Morgan fingerprint density at radius 2 is 1.97 bits per heavy atom. The molecule has 0 N–H and O–H groups in total. The van der Waals surface area contributed by atoms with Crippen LogP contribution in [0, 0.1) is 17.7 Å². The fraction of sp³-hybridized carbons (Fsp3) is 0.560. The van der Waals surface area contributed by atoms with E-state index < -0.39 is 0 Å². The van der Waals surface area contributed by atoms with Crippen molar-refractivity contribution >= 4 is 11.7 Å². The van der Waals surface area contributed by atoms with E-state index in [1.807, 2.05) is 6.07 Å². The Labute approximate surface area is 185 Å². The van der Waals surface area contributed by atoms with Gasteiger partial charge >= 0.3 is 0 Å². The first-order chi connectivity index (χ1) is 14.6. The average molecular weight is 428 g/mol. The first-order valence-electron chi connectivity index (χ1n) is 11.1. The molecule has 31 heavy (non-hydrogen) atoms. The minimum Gasteiger partial charge on any atom is -0.300 e. The van der Waals surface area contributed by atoms with Crippen molar-refractivity contribution in [3.8, 4) is 11.3 Å². The summed E-state index contributed by atoms with van der Waals surface area (Å²) >= 11 is 0. The van der Waals surface area contributed by atoms with Gasteiger partial charge < -0.3 is 4.79 Å². The molecule has 6 heteroatoms. The lowest BCUT2D eigenvalue weighted by Gasteiger charge is -2.34. The lowest BCUT2D eigenvalue weighted by atomic mass is 9.71. The second-order valence-electron chi connectivity index (χ2n) is 9.34. The molecule has 0 spiro atoms. The molecule has 1 aliphatic carbocycles. The quantitative estimate of drug-likeness (QED) is 0.507. The molecule has 1 aromatic heterocycles. The molecule has 5 nitrogen and oxygen atoms in total. The van der Waals surface area contributed by atoms with Crippen molar-refractivity contribution in [3.05, 3.63) is 40.8 Å². The van der Waals surface area contributed by atoms with E-state index in [9.17, 15) is 9.18 Å². The van der Waals surface area contributed by atoms with Crippen molar-refractivity contribution in [2.24, 2.45) is 11.8 Å². The van der Waals surface area contributed by atoms with Crippen LogP contribution in [0.4, 0.5) is 10.3 Å². The highest BCUT2D eigenvalue weighted by Crippen LogP contribution is 2.46. The third-order valence-electron chi connectivity index (χ3n) is 6.32. The van der Waals surface area contributed by atoms with Crippen LogP contribution in [0.15, 0.2) is 18.2 Å². The van der Waals surface area contributed by atoms with Crippen LogP contribution in [0.25, 0.3) is 11.3 Å². The molecular formula is C25H34FN3O2. The van der Waals surface area contributed by atoms with Gasteiger partial charge in [0.15, 0.2) is 0 Å². The van der Waals surface area contributed by atoms with Gasteiger partial charge in [-0.3, -0.25) is 4.84 Å². The van der Waals surface area contributed by atoms with Crippen molar-refractivity contribution in [3.63, 3.8) is 0 Å². The van der Waals surface area contributed by atoms with Crippen molar-refractivity contribution in [1.82, 2.24) is 9.97 Å². The fourth-order valence-electron chi connectivity index (χ4n) is 4.88. The number of fused-ring (bicyclic) bond motifs is 3. The number of aromatic nitrogens is 2. The zero-order valence-electron chi connectivity index (χ0n) is 19.7. The number of anilines is 1. The highest BCUT2D eigenvalue weighted by Gasteiger charge is 2.33. The largest absolute Gasteiger partial charge is 0.300 e. The highest BCUT2D eigenvalue weighted by atomic mass is 19.1. The van der Waals surface area contributed by atoms with Gasteiger partial charge in [0.1, 0.15) is 11.6 Å². The molecule has 0 fully saturated rings. The number of carbonyl (C=O) groups is 1. The molecule has 1 aliphatic rings. The number of hydroxylamine groups is 1. The maximum Gasteiger partial charge on any atom is 0.250 e. The van der Waals surface area contributed by atoms with Gasteiger partial charge in [0, 0.05) is 24.6 Å². The second kappa shape index (κ2) is 9.43. The molecule has 3 atom stereocenters. The molecule has 168 valence electrons. The van der Waals surface area contributed by atoms with Crippen LogP contribution in [-0.4, -0.2) is 29.9 Å². The average Bonchev–Trinajstić information content (AvgIpc) is 2.70. The molecule has 3 rings (SSSR count). The summed E-state index contributed by atoms with van der Waals surface area (Å²) in [5, 5.41) is 1.55. The summed E-state index contributed by atoms with van der Waals surface area (Å²) in [7, 11) is 3.36. The van der Waals surface area contributed by atoms with E-state index in [1.165, 1.54) is 6.07 Å². The Kier molecular flexibility index (Phi) is 7.10. The third kappa shape index (κ3) is 4.95. The maximum absolute atomic E-state index is 14.3. The number of benzene rings is 1. The molecule has 0 saturated carbocycles. The zero-order chi connectivity index (χ0) is 22.9. The SMILES string of the molecule is CON(C)c1nc2c(c(C(C)C)n1)C[C@H]([C@@H](C)C[C@@H](C)CC(C)=O)c1cc(F)ccc1-2. The Morgan fingerprint density at radius 1 is 1.26 bits per heavy atom. The summed E-state index contributed by atoms with van der Waals surface area (Å²) < 4.78 is 14.3. The van der Waals surface area contributed by atoms with Crippen LogP contribution in [0.3, 0.4) is 0 Å². The van der Waals surface area contributed by atoms with Gasteiger partial charge in [0.05, 0.1) is 18.5 Å². The molecule has 2 aromatic rings. The number of ketones is 1. The van der Waals surface area contributed by atoms with Crippen LogP contribution >= 0.6 is 0 Å². The number of rotatable bonds is 8. The summed E-state index contributed by atoms with van der Waals surface area (Å²) in [6.07, 6.45) is 2.26. The van der Waals surface area contributed by atoms with Crippen LogP contribution in [0.2, 0.25) is 0 Å². The molecule has 0 unspecified atom stereocenters. The van der Waals surface area contributed by atoms with Gasteiger partial charge in [-0.25, -0.2) is 19.4 Å². The topological polar surface area (TPSA) is 55.3 Å². The minimum atomic E-state index is -0.233. The molecule has 0 amide bonds. The Bertz CT molecular complexity index is 960. The number of halogens is 1. The number of hydrogen-bond acceptors (Lipinski definition) is 5. The van der Waals surface area contributed by atoms with E-state index in [4.69, 9.17) is 14.8 Å². The molecule has 1 heterocycles. The van der Waals surface area contributed by atoms with Gasteiger partial charge in [-0.15, -0.1) is 0 Å². The predicted molar refractivity (Wildman–Crippen MR) is 122 cm³/mol. The van der Waals surface area contributed by atoms with E-state index in [-0.39, 0.29) is 23.4 Å². The molecule has 0 bridgehead atoms. The number of nitrogens with zero attached hydrogens (tertiary/aromatic N) is 3. The lowest BCUT2D eigenvalue weighted by molar-refractivity contribution is -0.117. The van der Waals surface area contributed by atoms with Crippen molar-refractivity contribution in [2.75, 3.05) is 19.2 Å². The van der Waals surface area contributed by atoms with Crippen LogP contribution in [0.5, 0.6) is 0 Å². The Balaban J connectivity index is 2.10. The van der Waals surface area contributed by atoms with Gasteiger partial charge in [-0.2, -0.15) is 0 Å². The van der Waals surface area contributed by atoms with Crippen molar-refractivity contribution < 1.29 is 14.0 Å². The molecule has 0 aliphatic heterocycles. The van der Waals surface area contributed by atoms with Gasteiger partial charge in [0.2, 0.25) is 5.95 Å². The monoisotopic (exact) mass is 427 g/mol. The third-order valence-corrected chi connectivity index (χ3v) is 6.32. The van der Waals surface area contributed by atoms with Crippen molar-refractivity contribution in [2.45, 2.75) is 65.7 Å². The summed E-state index contributed by atoms with van der Waals surface area (Å²) in [4.78, 5) is 26.5. The minimum absolute atomic E-state index is 0.153. The van der Waals surface area contributed by atoms with Gasteiger partial charge in [-0.1, -0.05) is 27.7 Å². The Morgan fingerprint density at radius 3 is 2.58 bits per heavy atom. The molecule has 0 saturated heterocycles. The second-order valence-corrected chi connectivity index (χ2v) is 9.34. The summed E-state index contributed by atoms with van der Waals surface area (Å²) in [6.45, 7) is 10.2. The zero-order valence-corrected chi connectivity index (χ0v) is 19.7. The van der Waals surface area contributed by atoms with E-state index >= 15 is 0 Å². The van der Waals surface area contributed by atoms with Gasteiger partial charge in [-0.05, 0) is 67.2 Å². The van der Waals surface area contributed by atoms with Crippen molar-refractivity contribution in [1.29, 1.82) is 0 Å². The fourth-order valence-corrected chi connectivity index (χ4v) is 4.88. The number of Topliss-reactive ketones (excluding diaryl/α,β-unsaturated/α-hetero) is 1. The number of carbonyl (C=O) groups excluding carboxylic acids is 1. The normalized spacial score (nSPS) is 17.1.